The van der Waals surface area contributed by atoms with Gasteiger partial charge in [-0.3, -0.25) is 4.99 Å². The molecule has 0 aliphatic rings. The fourth-order valence-electron chi connectivity index (χ4n) is 1.75. The number of aliphatic imine (C=N–C) groups is 1. The molecular weight excluding hydrogens is 415 g/mol. The Kier molecular flexibility index (Phi) is 7.61. The Bertz CT molecular complexity index is 589. The Morgan fingerprint density at radius 1 is 1.43 bits per heavy atom. The average Bonchev–Trinajstić information content (AvgIpc) is 2.97. The molecule has 2 rings (SSSR count). The monoisotopic (exact) mass is 436 g/mol. The topological polar surface area (TPSA) is 63.3 Å². The summed E-state index contributed by atoms with van der Waals surface area (Å²) in [5, 5.41) is 6.29. The van der Waals surface area contributed by atoms with E-state index in [0.717, 1.165) is 17.1 Å². The normalized spacial score (nSPS) is 11.5. The van der Waals surface area contributed by atoms with Crippen molar-refractivity contribution in [2.24, 2.45) is 10.7 Å². The molecule has 0 saturated heterocycles. The number of hydrogen-bond donors (Lipinski definition) is 2. The summed E-state index contributed by atoms with van der Waals surface area (Å²) in [5.74, 6) is 0.520. The van der Waals surface area contributed by atoms with Crippen LogP contribution in [0.15, 0.2) is 22.5 Å². The van der Waals surface area contributed by atoms with Gasteiger partial charge >= 0.3 is 0 Å². The average molecular weight is 436 g/mol. The number of rotatable bonds is 5. The maximum Gasteiger partial charge on any atom is 0.188 e. The van der Waals surface area contributed by atoms with E-state index in [1.807, 2.05) is 20.8 Å². The minimum absolute atomic E-state index is 0. The predicted molar refractivity (Wildman–Crippen MR) is 104 cm³/mol. The summed E-state index contributed by atoms with van der Waals surface area (Å²) in [5.41, 5.74) is 6.85. The van der Waals surface area contributed by atoms with Crippen LogP contribution in [0.4, 0.5) is 0 Å². The maximum absolute atomic E-state index is 5.77. The molecule has 0 radical (unpaired) electrons. The van der Waals surface area contributed by atoms with Crippen molar-refractivity contribution in [1.82, 2.24) is 10.3 Å². The summed E-state index contributed by atoms with van der Waals surface area (Å²) in [6.45, 7) is 6.83. The molecule has 0 aliphatic heterocycles. The van der Waals surface area contributed by atoms with Gasteiger partial charge in [-0.25, -0.2) is 4.98 Å². The molecule has 21 heavy (non-hydrogen) atoms. The summed E-state index contributed by atoms with van der Waals surface area (Å²) in [6, 6.07) is 4.60. The zero-order valence-corrected chi connectivity index (χ0v) is 16.4. The molecule has 0 aliphatic carbocycles. The Morgan fingerprint density at radius 2 is 2.19 bits per heavy atom. The summed E-state index contributed by atoms with van der Waals surface area (Å²) < 4.78 is 0. The summed E-state index contributed by atoms with van der Waals surface area (Å²) in [7, 11) is 0. The second kappa shape index (κ2) is 8.70. The second-order valence-corrected chi connectivity index (χ2v) is 7.06. The Labute approximate surface area is 150 Å². The molecule has 2 heterocycles. The van der Waals surface area contributed by atoms with Crippen molar-refractivity contribution >= 4 is 52.6 Å². The molecule has 0 atom stereocenters. The lowest BCUT2D eigenvalue weighted by atomic mass is 10.3. The highest BCUT2D eigenvalue weighted by molar-refractivity contribution is 14.0. The third kappa shape index (κ3) is 5.91. The van der Waals surface area contributed by atoms with Crippen molar-refractivity contribution in [3.63, 3.8) is 0 Å². The third-order valence-electron chi connectivity index (χ3n) is 2.61. The summed E-state index contributed by atoms with van der Waals surface area (Å²) in [4.78, 5) is 11.4. The molecular formula is C14H21IN4S2. The zero-order valence-electron chi connectivity index (χ0n) is 12.4. The smallest absolute Gasteiger partial charge is 0.188 e. The Hall–Kier alpha value is -0.670. The Morgan fingerprint density at radius 3 is 2.81 bits per heavy atom. The van der Waals surface area contributed by atoms with Crippen LogP contribution in [0.5, 0.6) is 0 Å². The van der Waals surface area contributed by atoms with E-state index in [1.165, 1.54) is 9.75 Å². The van der Waals surface area contributed by atoms with Gasteiger partial charge in [0, 0.05) is 29.3 Å². The summed E-state index contributed by atoms with van der Waals surface area (Å²) >= 11 is 3.46. The number of thiophene rings is 1. The van der Waals surface area contributed by atoms with Gasteiger partial charge in [0.15, 0.2) is 5.96 Å². The fraction of sp³-hybridized carbons (Fsp3) is 0.429. The van der Waals surface area contributed by atoms with Crippen LogP contribution < -0.4 is 11.1 Å². The van der Waals surface area contributed by atoms with Crippen LogP contribution in [0.1, 0.15) is 23.7 Å². The van der Waals surface area contributed by atoms with Gasteiger partial charge in [-0.05, 0) is 32.9 Å². The van der Waals surface area contributed by atoms with Crippen LogP contribution in [0, 0.1) is 6.92 Å². The third-order valence-corrected chi connectivity index (χ3v) is 4.55. The SMILES string of the molecule is Cc1nc(-c2ccc(CCN=C(N)NC(C)C)s2)cs1.I. The lowest BCUT2D eigenvalue weighted by Gasteiger charge is -2.07. The first-order valence-corrected chi connectivity index (χ1v) is 8.32. The van der Waals surface area contributed by atoms with Crippen molar-refractivity contribution in [1.29, 1.82) is 0 Å². The van der Waals surface area contributed by atoms with Gasteiger partial charge in [0.05, 0.1) is 15.6 Å². The van der Waals surface area contributed by atoms with Gasteiger partial charge in [0.25, 0.3) is 0 Å². The molecule has 116 valence electrons. The molecule has 4 nitrogen and oxygen atoms in total. The van der Waals surface area contributed by atoms with E-state index in [4.69, 9.17) is 5.73 Å². The number of aryl methyl sites for hydroxylation is 1. The first-order valence-electron chi connectivity index (χ1n) is 6.62. The van der Waals surface area contributed by atoms with Crippen LogP contribution >= 0.6 is 46.7 Å². The molecule has 0 aromatic carbocycles. The van der Waals surface area contributed by atoms with Crippen LogP contribution in [0.2, 0.25) is 0 Å². The molecule has 0 bridgehead atoms. The van der Waals surface area contributed by atoms with E-state index >= 15 is 0 Å². The molecule has 0 saturated carbocycles. The number of hydrogen-bond acceptors (Lipinski definition) is 4. The first kappa shape index (κ1) is 18.4. The van der Waals surface area contributed by atoms with E-state index in [2.05, 4.69) is 32.8 Å². The lowest BCUT2D eigenvalue weighted by Crippen LogP contribution is -2.36. The van der Waals surface area contributed by atoms with Crippen LogP contribution in [-0.4, -0.2) is 23.5 Å². The van der Waals surface area contributed by atoms with Gasteiger partial charge in [0.1, 0.15) is 0 Å². The highest BCUT2D eigenvalue weighted by atomic mass is 127. The molecule has 0 spiro atoms. The van der Waals surface area contributed by atoms with Crippen molar-refractivity contribution in [3.8, 4) is 10.6 Å². The Balaban J connectivity index is 0.00000220. The van der Waals surface area contributed by atoms with Gasteiger partial charge in [-0.2, -0.15) is 0 Å². The molecule has 0 fully saturated rings. The molecule has 0 amide bonds. The van der Waals surface area contributed by atoms with Gasteiger partial charge < -0.3 is 11.1 Å². The van der Waals surface area contributed by atoms with Gasteiger partial charge in [-0.15, -0.1) is 46.7 Å². The van der Waals surface area contributed by atoms with Crippen molar-refractivity contribution < 1.29 is 0 Å². The maximum atomic E-state index is 5.77. The van der Waals surface area contributed by atoms with E-state index in [0.29, 0.717) is 18.5 Å². The number of nitrogens with two attached hydrogens (primary N) is 1. The van der Waals surface area contributed by atoms with E-state index in [1.54, 1.807) is 22.7 Å². The first-order chi connectivity index (χ1) is 9.54. The fourth-order valence-corrected chi connectivity index (χ4v) is 3.40. The van der Waals surface area contributed by atoms with Crippen molar-refractivity contribution in [2.45, 2.75) is 33.2 Å². The number of nitrogens with zero attached hydrogens (tertiary/aromatic N) is 2. The molecule has 3 N–H and O–H groups in total. The van der Waals surface area contributed by atoms with Crippen molar-refractivity contribution in [2.75, 3.05) is 6.54 Å². The van der Waals surface area contributed by atoms with Gasteiger partial charge in [-0.1, -0.05) is 0 Å². The minimum atomic E-state index is 0. The van der Waals surface area contributed by atoms with E-state index in [-0.39, 0.29) is 24.0 Å². The van der Waals surface area contributed by atoms with Crippen molar-refractivity contribution in [3.05, 3.63) is 27.4 Å². The van der Waals surface area contributed by atoms with E-state index in [9.17, 15) is 0 Å². The summed E-state index contributed by atoms with van der Waals surface area (Å²) in [6.07, 6.45) is 0.911. The second-order valence-electron chi connectivity index (χ2n) is 4.83. The molecule has 7 heteroatoms. The van der Waals surface area contributed by atoms with Gasteiger partial charge in [0.2, 0.25) is 0 Å². The molecule has 2 aromatic heterocycles. The quantitative estimate of drug-likeness (QED) is 0.427. The number of aromatic nitrogens is 1. The number of halogens is 1. The highest BCUT2D eigenvalue weighted by Gasteiger charge is 2.06. The lowest BCUT2D eigenvalue weighted by molar-refractivity contribution is 0.723. The standard InChI is InChI=1S/C14H20N4S2.HI/c1-9(2)17-14(15)16-7-6-11-4-5-13(20-11)12-8-19-10(3)18-12;/h4-5,8-9H,6-7H2,1-3H3,(H3,15,16,17);1H. The largest absolute Gasteiger partial charge is 0.370 e. The number of nitrogens with one attached hydrogen (secondary N) is 1. The minimum Gasteiger partial charge on any atom is -0.370 e. The van der Waals surface area contributed by atoms with Crippen LogP contribution in [-0.2, 0) is 6.42 Å². The zero-order chi connectivity index (χ0) is 14.5. The van der Waals surface area contributed by atoms with E-state index < -0.39 is 0 Å². The van der Waals surface area contributed by atoms with Crippen LogP contribution in [0.3, 0.4) is 0 Å². The molecule has 2 aromatic rings. The highest BCUT2D eigenvalue weighted by Crippen LogP contribution is 2.29. The molecule has 0 unspecified atom stereocenters. The van der Waals surface area contributed by atoms with Crippen LogP contribution in [0.25, 0.3) is 10.6 Å². The number of thiazole rings is 1. The number of guanidine groups is 1. The predicted octanol–water partition coefficient (Wildman–Crippen LogP) is 3.65.